The summed E-state index contributed by atoms with van der Waals surface area (Å²) in [4.78, 5) is 44.3. The number of carbonyl (C=O) groups is 2. The van der Waals surface area contributed by atoms with E-state index in [-0.39, 0.29) is 30.2 Å². The van der Waals surface area contributed by atoms with E-state index in [1.165, 1.54) is 11.1 Å². The van der Waals surface area contributed by atoms with Gasteiger partial charge in [-0.3, -0.25) is 14.6 Å². The van der Waals surface area contributed by atoms with E-state index in [1.54, 1.807) is 38.1 Å². The standard InChI is InChI=1S/C24H23N5O4/c1-3-33-24(32)19-14-20(29(28-19)18-10-5-4-6-11-18)23(31)26-17-9-7-8-16(13-17)22-25-15(2)12-21(30)27-22/h4-13,20H,3,14H2,1-2H3,(H,26,31)(H,25,27,30). The highest BCUT2D eigenvalue weighted by Gasteiger charge is 2.36. The summed E-state index contributed by atoms with van der Waals surface area (Å²) >= 11 is 0. The summed E-state index contributed by atoms with van der Waals surface area (Å²) in [6.07, 6.45) is 0.117. The first-order valence-corrected chi connectivity index (χ1v) is 10.5. The maximum atomic E-state index is 13.2. The van der Waals surface area contributed by atoms with E-state index in [2.05, 4.69) is 20.4 Å². The van der Waals surface area contributed by atoms with Crippen molar-refractivity contribution in [3.8, 4) is 11.4 Å². The summed E-state index contributed by atoms with van der Waals surface area (Å²) in [5.41, 5.74) is 2.40. The summed E-state index contributed by atoms with van der Waals surface area (Å²) in [6, 6.07) is 16.9. The number of hydrogen-bond donors (Lipinski definition) is 2. The Morgan fingerprint density at radius 1 is 1.15 bits per heavy atom. The number of anilines is 2. The van der Waals surface area contributed by atoms with E-state index in [1.807, 2.05) is 30.3 Å². The van der Waals surface area contributed by atoms with Gasteiger partial charge >= 0.3 is 5.97 Å². The van der Waals surface area contributed by atoms with Crippen molar-refractivity contribution in [3.05, 3.63) is 76.7 Å². The lowest BCUT2D eigenvalue weighted by Gasteiger charge is -2.22. The Hall–Kier alpha value is -4.27. The molecule has 0 spiro atoms. The number of hydrogen-bond acceptors (Lipinski definition) is 7. The molecule has 9 heteroatoms. The Kier molecular flexibility index (Phi) is 6.30. The van der Waals surface area contributed by atoms with Crippen molar-refractivity contribution in [1.29, 1.82) is 0 Å². The molecule has 1 aromatic heterocycles. The van der Waals surface area contributed by atoms with Gasteiger partial charge in [0.1, 0.15) is 17.6 Å². The van der Waals surface area contributed by atoms with Crippen LogP contribution in [0, 0.1) is 6.92 Å². The van der Waals surface area contributed by atoms with Crippen LogP contribution in [0.15, 0.2) is 70.6 Å². The second-order valence-corrected chi connectivity index (χ2v) is 7.47. The topological polar surface area (TPSA) is 117 Å². The predicted octanol–water partition coefficient (Wildman–Crippen LogP) is 2.88. The maximum Gasteiger partial charge on any atom is 0.354 e. The molecule has 33 heavy (non-hydrogen) atoms. The molecule has 4 rings (SSSR count). The normalized spacial score (nSPS) is 15.2. The first kappa shape index (κ1) is 21.9. The van der Waals surface area contributed by atoms with Gasteiger partial charge in [-0.05, 0) is 38.1 Å². The number of benzene rings is 2. The number of aromatic nitrogens is 2. The van der Waals surface area contributed by atoms with Crippen molar-refractivity contribution in [3.63, 3.8) is 0 Å². The monoisotopic (exact) mass is 445 g/mol. The first-order chi connectivity index (χ1) is 15.9. The zero-order valence-corrected chi connectivity index (χ0v) is 18.2. The van der Waals surface area contributed by atoms with Crippen molar-refractivity contribution in [1.82, 2.24) is 9.97 Å². The van der Waals surface area contributed by atoms with Gasteiger partial charge in [-0.25, -0.2) is 9.78 Å². The lowest BCUT2D eigenvalue weighted by molar-refractivity contribution is -0.135. The largest absolute Gasteiger partial charge is 0.461 e. The SMILES string of the molecule is CCOC(=O)C1=NN(c2ccccc2)C(C(=O)Nc2cccc(-c3nc(C)cc(=O)[nH]3)c2)C1. The van der Waals surface area contributed by atoms with Crippen molar-refractivity contribution >= 4 is 29.0 Å². The molecule has 2 heterocycles. The minimum atomic E-state index is -0.729. The van der Waals surface area contributed by atoms with Gasteiger partial charge in [-0.2, -0.15) is 5.10 Å². The van der Waals surface area contributed by atoms with Crippen molar-refractivity contribution in [2.75, 3.05) is 16.9 Å². The fraction of sp³-hybridized carbons (Fsp3) is 0.208. The molecule has 1 amide bonds. The van der Waals surface area contributed by atoms with Crippen molar-refractivity contribution in [2.45, 2.75) is 26.3 Å². The summed E-state index contributed by atoms with van der Waals surface area (Å²) in [5.74, 6) is -0.453. The van der Waals surface area contributed by atoms with E-state index in [0.717, 1.165) is 0 Å². The van der Waals surface area contributed by atoms with Crippen LogP contribution in [0.1, 0.15) is 19.0 Å². The fourth-order valence-electron chi connectivity index (χ4n) is 3.56. The van der Waals surface area contributed by atoms with Crippen LogP contribution in [0.3, 0.4) is 0 Å². The van der Waals surface area contributed by atoms with Crippen LogP contribution in [0.5, 0.6) is 0 Å². The van der Waals surface area contributed by atoms with Gasteiger partial charge in [-0.1, -0.05) is 30.3 Å². The highest BCUT2D eigenvalue weighted by Crippen LogP contribution is 2.26. The van der Waals surface area contributed by atoms with Gasteiger partial charge in [-0.15, -0.1) is 0 Å². The van der Waals surface area contributed by atoms with Gasteiger partial charge in [0.15, 0.2) is 0 Å². The quantitative estimate of drug-likeness (QED) is 0.564. The predicted molar refractivity (Wildman–Crippen MR) is 125 cm³/mol. The number of aryl methyl sites for hydroxylation is 1. The Morgan fingerprint density at radius 2 is 1.94 bits per heavy atom. The molecule has 1 unspecified atom stereocenters. The Morgan fingerprint density at radius 3 is 2.67 bits per heavy atom. The molecule has 1 aliphatic rings. The van der Waals surface area contributed by atoms with Gasteiger partial charge in [0.25, 0.3) is 5.56 Å². The molecule has 168 valence electrons. The van der Waals surface area contributed by atoms with Crippen LogP contribution in [0.4, 0.5) is 11.4 Å². The molecule has 2 N–H and O–H groups in total. The lowest BCUT2D eigenvalue weighted by atomic mass is 10.1. The number of amides is 1. The second-order valence-electron chi connectivity index (χ2n) is 7.47. The van der Waals surface area contributed by atoms with E-state index < -0.39 is 12.0 Å². The number of hydrazone groups is 1. The van der Waals surface area contributed by atoms with Gasteiger partial charge in [0.2, 0.25) is 5.91 Å². The van der Waals surface area contributed by atoms with E-state index in [9.17, 15) is 14.4 Å². The molecule has 0 fully saturated rings. The molecule has 0 saturated carbocycles. The maximum absolute atomic E-state index is 13.2. The molecular weight excluding hydrogens is 422 g/mol. The zero-order valence-electron chi connectivity index (χ0n) is 18.2. The Bertz CT molecular complexity index is 1270. The molecule has 1 atom stereocenters. The number of nitrogens with one attached hydrogen (secondary N) is 2. The number of H-pyrrole nitrogens is 1. The highest BCUT2D eigenvalue weighted by molar-refractivity contribution is 6.38. The van der Waals surface area contributed by atoms with Gasteiger partial charge in [0, 0.05) is 29.4 Å². The van der Waals surface area contributed by atoms with Crippen LogP contribution in [0.25, 0.3) is 11.4 Å². The van der Waals surface area contributed by atoms with Crippen LogP contribution >= 0.6 is 0 Å². The highest BCUT2D eigenvalue weighted by atomic mass is 16.5. The van der Waals surface area contributed by atoms with E-state index in [4.69, 9.17) is 4.74 Å². The minimum absolute atomic E-state index is 0.117. The summed E-state index contributed by atoms with van der Waals surface area (Å²) in [5, 5.41) is 8.79. The number of esters is 1. The summed E-state index contributed by atoms with van der Waals surface area (Å²) in [7, 11) is 0. The number of rotatable bonds is 6. The number of para-hydroxylation sites is 1. The fourth-order valence-corrected chi connectivity index (χ4v) is 3.56. The molecule has 3 aromatic rings. The second kappa shape index (κ2) is 9.47. The third-order valence-electron chi connectivity index (χ3n) is 5.02. The molecule has 0 aliphatic carbocycles. The van der Waals surface area contributed by atoms with Crippen molar-refractivity contribution in [2.24, 2.45) is 5.10 Å². The van der Waals surface area contributed by atoms with Crippen LogP contribution < -0.4 is 15.9 Å². The Balaban J connectivity index is 1.58. The minimum Gasteiger partial charge on any atom is -0.461 e. The number of aromatic amines is 1. The average Bonchev–Trinajstić information content (AvgIpc) is 3.25. The molecule has 0 bridgehead atoms. The molecule has 2 aromatic carbocycles. The smallest absolute Gasteiger partial charge is 0.354 e. The molecule has 0 radical (unpaired) electrons. The van der Waals surface area contributed by atoms with E-state index >= 15 is 0 Å². The van der Waals surface area contributed by atoms with Crippen LogP contribution in [0.2, 0.25) is 0 Å². The van der Waals surface area contributed by atoms with Gasteiger partial charge < -0.3 is 15.0 Å². The Labute approximate surface area is 190 Å². The molecule has 0 saturated heterocycles. The third-order valence-corrected chi connectivity index (χ3v) is 5.02. The van der Waals surface area contributed by atoms with Crippen LogP contribution in [-0.4, -0.2) is 40.2 Å². The third kappa shape index (κ3) is 4.98. The summed E-state index contributed by atoms with van der Waals surface area (Å²) in [6.45, 7) is 3.68. The van der Waals surface area contributed by atoms with Gasteiger partial charge in [0.05, 0.1) is 12.3 Å². The van der Waals surface area contributed by atoms with E-state index in [0.29, 0.717) is 28.5 Å². The van der Waals surface area contributed by atoms with Crippen molar-refractivity contribution < 1.29 is 14.3 Å². The molecular formula is C24H23N5O4. The molecule has 1 aliphatic heterocycles. The average molecular weight is 445 g/mol. The number of nitrogens with zero attached hydrogens (tertiary/aromatic N) is 3. The zero-order chi connectivity index (χ0) is 23.4. The lowest BCUT2D eigenvalue weighted by Crippen LogP contribution is -2.38. The molecule has 9 nitrogen and oxygen atoms in total. The first-order valence-electron chi connectivity index (χ1n) is 10.5. The summed E-state index contributed by atoms with van der Waals surface area (Å²) < 4.78 is 5.08. The van der Waals surface area contributed by atoms with Crippen LogP contribution in [-0.2, 0) is 14.3 Å². The number of ether oxygens (including phenoxy) is 1. The number of carbonyl (C=O) groups excluding carboxylic acids is 2.